The van der Waals surface area contributed by atoms with Gasteiger partial charge in [-0.25, -0.2) is 0 Å². The highest BCUT2D eigenvalue weighted by Crippen LogP contribution is 2.25. The SMILES string of the molecule is CCC(=O)N1CCCCC1C(=O)NCc1ccccc1-c1ccc(Cn2cccn2)cc1. The van der Waals surface area contributed by atoms with Gasteiger partial charge in [0.2, 0.25) is 11.8 Å². The predicted octanol–water partition coefficient (Wildman–Crippen LogP) is 4.01. The van der Waals surface area contributed by atoms with Crippen LogP contribution in [0.3, 0.4) is 0 Å². The van der Waals surface area contributed by atoms with Gasteiger partial charge in [-0.2, -0.15) is 5.10 Å². The molecule has 3 aromatic rings. The molecule has 0 bridgehead atoms. The molecule has 32 heavy (non-hydrogen) atoms. The van der Waals surface area contributed by atoms with Crippen molar-refractivity contribution in [1.29, 1.82) is 0 Å². The summed E-state index contributed by atoms with van der Waals surface area (Å²) in [6.07, 6.45) is 6.85. The Labute approximate surface area is 189 Å². The lowest BCUT2D eigenvalue weighted by Crippen LogP contribution is -2.51. The van der Waals surface area contributed by atoms with E-state index in [1.54, 1.807) is 11.1 Å². The Morgan fingerprint density at radius 1 is 1.06 bits per heavy atom. The summed E-state index contributed by atoms with van der Waals surface area (Å²) < 4.78 is 1.90. The maximum Gasteiger partial charge on any atom is 0.243 e. The summed E-state index contributed by atoms with van der Waals surface area (Å²) >= 11 is 0. The molecule has 1 fully saturated rings. The van der Waals surface area contributed by atoms with Crippen LogP contribution in [0.1, 0.15) is 43.7 Å². The van der Waals surface area contributed by atoms with Gasteiger partial charge in [-0.05, 0) is 47.6 Å². The van der Waals surface area contributed by atoms with Gasteiger partial charge < -0.3 is 10.2 Å². The van der Waals surface area contributed by atoms with Gasteiger partial charge in [0.25, 0.3) is 0 Å². The average molecular weight is 431 g/mol. The number of rotatable bonds is 7. The molecule has 1 aliphatic rings. The van der Waals surface area contributed by atoms with Crippen LogP contribution in [0, 0.1) is 0 Å². The van der Waals surface area contributed by atoms with E-state index in [1.165, 1.54) is 5.56 Å². The Morgan fingerprint density at radius 3 is 2.62 bits per heavy atom. The minimum absolute atomic E-state index is 0.0560. The van der Waals surface area contributed by atoms with Crippen molar-refractivity contribution in [2.24, 2.45) is 0 Å². The zero-order valence-corrected chi connectivity index (χ0v) is 18.5. The van der Waals surface area contributed by atoms with Gasteiger partial charge in [0.05, 0.1) is 6.54 Å². The van der Waals surface area contributed by atoms with E-state index in [0.29, 0.717) is 19.5 Å². The topological polar surface area (TPSA) is 67.2 Å². The van der Waals surface area contributed by atoms with Gasteiger partial charge in [0, 0.05) is 31.9 Å². The van der Waals surface area contributed by atoms with Gasteiger partial charge in [-0.3, -0.25) is 14.3 Å². The summed E-state index contributed by atoms with van der Waals surface area (Å²) in [6, 6.07) is 18.1. The van der Waals surface area contributed by atoms with E-state index in [0.717, 1.165) is 42.5 Å². The van der Waals surface area contributed by atoms with Crippen LogP contribution in [0.5, 0.6) is 0 Å². The first-order valence-corrected chi connectivity index (χ1v) is 11.4. The summed E-state index contributed by atoms with van der Waals surface area (Å²) in [7, 11) is 0. The molecule has 0 aliphatic carbocycles. The first-order valence-electron chi connectivity index (χ1n) is 11.4. The first kappa shape index (κ1) is 21.8. The molecule has 1 aromatic heterocycles. The molecular formula is C26H30N4O2. The third kappa shape index (κ3) is 5.07. The van der Waals surface area contributed by atoms with Crippen molar-refractivity contribution in [2.45, 2.75) is 51.7 Å². The number of amides is 2. The van der Waals surface area contributed by atoms with E-state index >= 15 is 0 Å². The molecule has 1 saturated heterocycles. The van der Waals surface area contributed by atoms with Crippen LogP contribution in [-0.2, 0) is 22.7 Å². The van der Waals surface area contributed by atoms with Crippen molar-refractivity contribution in [3.8, 4) is 11.1 Å². The van der Waals surface area contributed by atoms with E-state index in [2.05, 4.69) is 40.7 Å². The fourth-order valence-electron chi connectivity index (χ4n) is 4.33. The number of nitrogens with one attached hydrogen (secondary N) is 1. The number of nitrogens with zero attached hydrogens (tertiary/aromatic N) is 3. The zero-order chi connectivity index (χ0) is 22.3. The average Bonchev–Trinajstić information content (AvgIpc) is 3.36. The van der Waals surface area contributed by atoms with E-state index in [1.807, 2.05) is 42.1 Å². The second-order valence-electron chi connectivity index (χ2n) is 8.23. The molecule has 1 atom stereocenters. The molecule has 2 amide bonds. The quantitative estimate of drug-likeness (QED) is 0.616. The molecular weight excluding hydrogens is 400 g/mol. The standard InChI is InChI=1S/C26H30N4O2/c1-2-25(31)30-17-6-5-10-24(30)26(32)27-18-22-8-3-4-9-23(22)21-13-11-20(12-14-21)19-29-16-7-15-28-29/h3-4,7-9,11-16,24H,2,5-6,10,17-19H2,1H3,(H,27,32). The molecule has 2 heterocycles. The van der Waals surface area contributed by atoms with Crippen molar-refractivity contribution in [3.63, 3.8) is 0 Å². The van der Waals surface area contributed by atoms with Crippen LogP contribution < -0.4 is 5.32 Å². The van der Waals surface area contributed by atoms with Crippen LogP contribution in [-0.4, -0.2) is 39.1 Å². The molecule has 1 aliphatic heterocycles. The minimum atomic E-state index is -0.357. The fraction of sp³-hybridized carbons (Fsp3) is 0.346. The Kier molecular flexibility index (Phi) is 7.00. The first-order chi connectivity index (χ1) is 15.7. The number of carbonyl (C=O) groups is 2. The van der Waals surface area contributed by atoms with E-state index in [4.69, 9.17) is 0 Å². The molecule has 166 valence electrons. The maximum atomic E-state index is 12.9. The second kappa shape index (κ2) is 10.3. The predicted molar refractivity (Wildman–Crippen MR) is 125 cm³/mol. The Morgan fingerprint density at radius 2 is 1.88 bits per heavy atom. The van der Waals surface area contributed by atoms with Crippen LogP contribution >= 0.6 is 0 Å². The molecule has 2 aromatic carbocycles. The molecule has 4 rings (SSSR count). The number of hydrogen-bond donors (Lipinski definition) is 1. The van der Waals surface area contributed by atoms with Gasteiger partial charge in [0.1, 0.15) is 6.04 Å². The molecule has 0 saturated carbocycles. The number of likely N-dealkylation sites (tertiary alicyclic amines) is 1. The van der Waals surface area contributed by atoms with Gasteiger partial charge in [-0.1, -0.05) is 55.5 Å². The number of carbonyl (C=O) groups excluding carboxylic acids is 2. The molecule has 1 N–H and O–H groups in total. The Bertz CT molecular complexity index is 1040. The lowest BCUT2D eigenvalue weighted by atomic mass is 9.98. The summed E-state index contributed by atoms with van der Waals surface area (Å²) in [6.45, 7) is 3.70. The molecule has 1 unspecified atom stereocenters. The highest BCUT2D eigenvalue weighted by molar-refractivity contribution is 5.88. The van der Waals surface area contributed by atoms with Crippen LogP contribution in [0.2, 0.25) is 0 Å². The zero-order valence-electron chi connectivity index (χ0n) is 18.5. The normalized spacial score (nSPS) is 16.0. The number of aromatic nitrogens is 2. The van der Waals surface area contributed by atoms with Crippen molar-refractivity contribution in [3.05, 3.63) is 78.1 Å². The second-order valence-corrected chi connectivity index (χ2v) is 8.23. The highest BCUT2D eigenvalue weighted by Gasteiger charge is 2.31. The van der Waals surface area contributed by atoms with Crippen LogP contribution in [0.15, 0.2) is 67.0 Å². The lowest BCUT2D eigenvalue weighted by Gasteiger charge is -2.34. The lowest BCUT2D eigenvalue weighted by molar-refractivity contribution is -0.142. The van der Waals surface area contributed by atoms with Crippen molar-refractivity contribution in [2.75, 3.05) is 6.54 Å². The molecule has 0 radical (unpaired) electrons. The summed E-state index contributed by atoms with van der Waals surface area (Å²) in [5, 5.41) is 7.34. The monoisotopic (exact) mass is 430 g/mol. The third-order valence-electron chi connectivity index (χ3n) is 6.07. The summed E-state index contributed by atoms with van der Waals surface area (Å²) in [5.74, 6) is -0.00340. The maximum absolute atomic E-state index is 12.9. The third-order valence-corrected chi connectivity index (χ3v) is 6.07. The minimum Gasteiger partial charge on any atom is -0.350 e. The summed E-state index contributed by atoms with van der Waals surface area (Å²) in [5.41, 5.74) is 4.45. The van der Waals surface area contributed by atoms with Crippen LogP contribution in [0.25, 0.3) is 11.1 Å². The van der Waals surface area contributed by atoms with Crippen molar-refractivity contribution in [1.82, 2.24) is 20.0 Å². The number of benzene rings is 2. The van der Waals surface area contributed by atoms with E-state index in [9.17, 15) is 9.59 Å². The number of hydrogen-bond acceptors (Lipinski definition) is 3. The largest absolute Gasteiger partial charge is 0.350 e. The van der Waals surface area contributed by atoms with Crippen LogP contribution in [0.4, 0.5) is 0 Å². The Balaban J connectivity index is 1.44. The Hall–Kier alpha value is -3.41. The smallest absolute Gasteiger partial charge is 0.243 e. The van der Waals surface area contributed by atoms with Gasteiger partial charge in [-0.15, -0.1) is 0 Å². The highest BCUT2D eigenvalue weighted by atomic mass is 16.2. The summed E-state index contributed by atoms with van der Waals surface area (Å²) in [4.78, 5) is 26.9. The van der Waals surface area contributed by atoms with Gasteiger partial charge in [0.15, 0.2) is 0 Å². The fourth-order valence-corrected chi connectivity index (χ4v) is 4.33. The van der Waals surface area contributed by atoms with E-state index in [-0.39, 0.29) is 17.9 Å². The van der Waals surface area contributed by atoms with Gasteiger partial charge >= 0.3 is 0 Å². The molecule has 6 heteroatoms. The van der Waals surface area contributed by atoms with E-state index < -0.39 is 0 Å². The van der Waals surface area contributed by atoms with Crippen molar-refractivity contribution < 1.29 is 9.59 Å². The van der Waals surface area contributed by atoms with Crippen molar-refractivity contribution >= 4 is 11.8 Å². The molecule has 0 spiro atoms. The number of piperidine rings is 1. The molecule has 6 nitrogen and oxygen atoms in total.